The van der Waals surface area contributed by atoms with E-state index in [1.807, 2.05) is 12.1 Å². The van der Waals surface area contributed by atoms with Crippen molar-refractivity contribution in [2.45, 2.75) is 63.9 Å². The number of Topliss-reactive ketones (excluding diaryl/α,β-unsaturated/α-hetero) is 1. The zero-order valence-corrected chi connectivity index (χ0v) is 15.9. The molecule has 0 bridgehead atoms. The Bertz CT molecular complexity index is 669. The van der Waals surface area contributed by atoms with E-state index in [0.29, 0.717) is 31.8 Å². The van der Waals surface area contributed by atoms with Crippen LogP contribution in [-0.2, 0) is 27.2 Å². The Hall–Kier alpha value is -1.72. The van der Waals surface area contributed by atoms with E-state index < -0.39 is 5.97 Å². The summed E-state index contributed by atoms with van der Waals surface area (Å²) < 4.78 is 5.74. The molecule has 1 saturated carbocycles. The maximum atomic E-state index is 12.3. The van der Waals surface area contributed by atoms with E-state index in [0.717, 1.165) is 44.1 Å². The van der Waals surface area contributed by atoms with Crippen LogP contribution in [0.2, 0.25) is 0 Å². The van der Waals surface area contributed by atoms with E-state index in [-0.39, 0.29) is 24.4 Å². The summed E-state index contributed by atoms with van der Waals surface area (Å²) in [5.41, 5.74) is 3.62. The summed E-state index contributed by atoms with van der Waals surface area (Å²) in [6.45, 7) is 1.16. The maximum absolute atomic E-state index is 12.3. The van der Waals surface area contributed by atoms with Crippen molar-refractivity contribution in [3.8, 4) is 0 Å². The summed E-state index contributed by atoms with van der Waals surface area (Å²) in [6.07, 6.45) is 6.21. The highest BCUT2D eigenvalue weighted by Crippen LogP contribution is 2.36. The van der Waals surface area contributed by atoms with Crippen molar-refractivity contribution in [3.05, 3.63) is 34.9 Å². The number of carboxylic acid groups (broad SMARTS) is 1. The number of aliphatic carboxylic acids is 1. The zero-order chi connectivity index (χ0) is 19.2. The standard InChI is InChI=1S/C22H30O5/c23-20-11-8-16(14-27-13-2-1-6-22(25)26)18(20)9-7-15-4-3-5-19-17(15)10-12-21(19)24/h3-5,16,18,21,24H,1-2,6-14H2,(H,25,26)/t16-,18?,21?/m1/s1. The number of carbonyl (C=O) groups excluding carboxylic acids is 1. The van der Waals surface area contributed by atoms with Crippen LogP contribution in [-0.4, -0.2) is 35.2 Å². The molecule has 27 heavy (non-hydrogen) atoms. The molecule has 0 saturated heterocycles. The molecular weight excluding hydrogens is 344 g/mol. The lowest BCUT2D eigenvalue weighted by Crippen LogP contribution is -2.20. The molecule has 148 valence electrons. The predicted molar refractivity (Wildman–Crippen MR) is 102 cm³/mol. The van der Waals surface area contributed by atoms with Gasteiger partial charge in [0.2, 0.25) is 0 Å². The average molecular weight is 374 g/mol. The molecule has 0 amide bonds. The van der Waals surface area contributed by atoms with Gasteiger partial charge in [-0.2, -0.15) is 0 Å². The number of carboxylic acids is 1. The van der Waals surface area contributed by atoms with Gasteiger partial charge in [-0.1, -0.05) is 18.2 Å². The summed E-state index contributed by atoms with van der Waals surface area (Å²) in [6, 6.07) is 6.15. The minimum absolute atomic E-state index is 0.0613. The topological polar surface area (TPSA) is 83.8 Å². The number of unbranched alkanes of at least 4 members (excludes halogenated alkanes) is 1. The molecular formula is C22H30O5. The lowest BCUT2D eigenvalue weighted by atomic mass is 9.88. The van der Waals surface area contributed by atoms with Crippen molar-refractivity contribution in [2.24, 2.45) is 11.8 Å². The molecule has 2 N–H and O–H groups in total. The van der Waals surface area contributed by atoms with Crippen LogP contribution >= 0.6 is 0 Å². The van der Waals surface area contributed by atoms with Crippen molar-refractivity contribution < 1.29 is 24.5 Å². The number of hydrogen-bond donors (Lipinski definition) is 2. The lowest BCUT2D eigenvalue weighted by Gasteiger charge is -2.19. The minimum atomic E-state index is -0.767. The Labute approximate surface area is 160 Å². The fraction of sp³-hybridized carbons (Fsp3) is 0.636. The Morgan fingerprint density at radius 3 is 2.85 bits per heavy atom. The summed E-state index contributed by atoms with van der Waals surface area (Å²) in [5, 5.41) is 18.7. The van der Waals surface area contributed by atoms with Gasteiger partial charge in [-0.3, -0.25) is 9.59 Å². The van der Waals surface area contributed by atoms with Crippen molar-refractivity contribution in [3.63, 3.8) is 0 Å². The molecule has 3 rings (SSSR count). The highest BCUT2D eigenvalue weighted by molar-refractivity contribution is 5.83. The van der Waals surface area contributed by atoms with Crippen LogP contribution in [0.15, 0.2) is 18.2 Å². The molecule has 0 aromatic heterocycles. The van der Waals surface area contributed by atoms with Gasteiger partial charge in [0.05, 0.1) is 12.7 Å². The molecule has 1 aromatic rings. The number of fused-ring (bicyclic) bond motifs is 1. The highest BCUT2D eigenvalue weighted by atomic mass is 16.5. The maximum Gasteiger partial charge on any atom is 0.303 e. The van der Waals surface area contributed by atoms with E-state index in [4.69, 9.17) is 9.84 Å². The normalized spacial score (nSPS) is 24.3. The lowest BCUT2D eigenvalue weighted by molar-refractivity contribution is -0.137. The number of benzene rings is 1. The van der Waals surface area contributed by atoms with Crippen LogP contribution in [0.1, 0.15) is 67.7 Å². The number of aryl methyl sites for hydroxylation is 1. The van der Waals surface area contributed by atoms with Crippen LogP contribution in [0, 0.1) is 11.8 Å². The SMILES string of the molecule is O=C(O)CCCCOC[C@H]1CCC(=O)C1CCc1cccc2c1CCC2O. The fourth-order valence-electron chi connectivity index (χ4n) is 4.54. The second-order valence-corrected chi connectivity index (χ2v) is 7.88. The van der Waals surface area contributed by atoms with E-state index in [2.05, 4.69) is 6.07 Å². The smallest absolute Gasteiger partial charge is 0.303 e. The van der Waals surface area contributed by atoms with Crippen LogP contribution in [0.25, 0.3) is 0 Å². The van der Waals surface area contributed by atoms with Gasteiger partial charge in [-0.05, 0) is 67.6 Å². The monoisotopic (exact) mass is 374 g/mol. The molecule has 1 fully saturated rings. The number of hydrogen-bond acceptors (Lipinski definition) is 4. The largest absolute Gasteiger partial charge is 0.481 e. The van der Waals surface area contributed by atoms with Crippen molar-refractivity contribution in [1.29, 1.82) is 0 Å². The molecule has 5 nitrogen and oxygen atoms in total. The number of rotatable bonds is 10. The third kappa shape index (κ3) is 5.17. The van der Waals surface area contributed by atoms with Gasteiger partial charge in [0.15, 0.2) is 0 Å². The van der Waals surface area contributed by atoms with E-state index in [1.165, 1.54) is 11.1 Å². The van der Waals surface area contributed by atoms with Crippen LogP contribution in [0.3, 0.4) is 0 Å². The molecule has 0 heterocycles. The summed E-state index contributed by atoms with van der Waals surface area (Å²) >= 11 is 0. The first-order valence-corrected chi connectivity index (χ1v) is 10.2. The second kappa shape index (κ2) is 9.47. The van der Waals surface area contributed by atoms with Gasteiger partial charge in [0.1, 0.15) is 5.78 Å². The highest BCUT2D eigenvalue weighted by Gasteiger charge is 2.34. The minimum Gasteiger partial charge on any atom is -0.481 e. The zero-order valence-electron chi connectivity index (χ0n) is 15.9. The average Bonchev–Trinajstić information content (AvgIpc) is 3.19. The predicted octanol–water partition coefficient (Wildman–Crippen LogP) is 3.47. The fourth-order valence-corrected chi connectivity index (χ4v) is 4.54. The van der Waals surface area contributed by atoms with Crippen molar-refractivity contribution in [1.82, 2.24) is 0 Å². The van der Waals surface area contributed by atoms with Crippen LogP contribution < -0.4 is 0 Å². The Morgan fingerprint density at radius 1 is 1.19 bits per heavy atom. The molecule has 0 radical (unpaired) electrons. The summed E-state index contributed by atoms with van der Waals surface area (Å²) in [7, 11) is 0. The first-order chi connectivity index (χ1) is 13.1. The van der Waals surface area contributed by atoms with Gasteiger partial charge in [-0.25, -0.2) is 0 Å². The Kier molecular flexibility index (Phi) is 7.02. The number of aliphatic hydroxyl groups excluding tert-OH is 1. The third-order valence-corrected chi connectivity index (χ3v) is 6.07. The Morgan fingerprint density at radius 2 is 2.04 bits per heavy atom. The van der Waals surface area contributed by atoms with E-state index in [1.54, 1.807) is 0 Å². The van der Waals surface area contributed by atoms with E-state index >= 15 is 0 Å². The molecule has 3 atom stereocenters. The number of carbonyl (C=O) groups is 2. The second-order valence-electron chi connectivity index (χ2n) is 7.88. The molecule has 2 unspecified atom stereocenters. The van der Waals surface area contributed by atoms with Crippen LogP contribution in [0.4, 0.5) is 0 Å². The molecule has 2 aliphatic rings. The number of ketones is 1. The first kappa shape index (κ1) is 20.0. The van der Waals surface area contributed by atoms with E-state index in [9.17, 15) is 14.7 Å². The van der Waals surface area contributed by atoms with Crippen molar-refractivity contribution >= 4 is 11.8 Å². The van der Waals surface area contributed by atoms with Gasteiger partial charge in [0, 0.05) is 25.4 Å². The van der Waals surface area contributed by atoms with Gasteiger partial charge in [0.25, 0.3) is 0 Å². The van der Waals surface area contributed by atoms with Gasteiger partial charge in [-0.15, -0.1) is 0 Å². The third-order valence-electron chi connectivity index (χ3n) is 6.07. The quantitative estimate of drug-likeness (QED) is 0.613. The van der Waals surface area contributed by atoms with Gasteiger partial charge < -0.3 is 14.9 Å². The van der Waals surface area contributed by atoms with Crippen molar-refractivity contribution in [2.75, 3.05) is 13.2 Å². The Balaban J connectivity index is 1.47. The molecule has 2 aliphatic carbocycles. The number of ether oxygens (including phenoxy) is 1. The van der Waals surface area contributed by atoms with Crippen LogP contribution in [0.5, 0.6) is 0 Å². The molecule has 0 spiro atoms. The number of aliphatic hydroxyl groups is 1. The molecule has 5 heteroatoms. The first-order valence-electron chi connectivity index (χ1n) is 10.2. The summed E-state index contributed by atoms with van der Waals surface area (Å²) in [4.78, 5) is 22.8. The molecule has 0 aliphatic heterocycles. The van der Waals surface area contributed by atoms with Gasteiger partial charge >= 0.3 is 5.97 Å². The molecule has 1 aromatic carbocycles. The summed E-state index contributed by atoms with van der Waals surface area (Å²) in [5.74, 6) is -0.0796.